The minimum absolute atomic E-state index is 0.278. The lowest BCUT2D eigenvalue weighted by Gasteiger charge is -2.27. The molecule has 0 bridgehead atoms. The van der Waals surface area contributed by atoms with Crippen LogP contribution < -0.4 is 14.9 Å². The molecule has 1 N–H and O–H groups in total. The van der Waals surface area contributed by atoms with E-state index < -0.39 is 0 Å². The first-order valence-corrected chi connectivity index (χ1v) is 7.61. The molecule has 2 heterocycles. The topological polar surface area (TPSA) is 33.7 Å². The first-order chi connectivity index (χ1) is 9.76. The van der Waals surface area contributed by atoms with Crippen LogP contribution in [0.3, 0.4) is 0 Å². The van der Waals surface area contributed by atoms with E-state index in [0.29, 0.717) is 0 Å². The maximum Gasteiger partial charge on any atom is 0.123 e. The molecule has 0 spiro atoms. The fraction of sp³-hybridized carbons (Fsp3) is 0.625. The van der Waals surface area contributed by atoms with Crippen LogP contribution in [0.4, 0.5) is 0 Å². The van der Waals surface area contributed by atoms with Gasteiger partial charge in [0.15, 0.2) is 0 Å². The Bertz CT molecular complexity index is 470. The third-order valence-electron chi connectivity index (χ3n) is 4.15. The highest BCUT2D eigenvalue weighted by Gasteiger charge is 2.22. The molecular formula is C16H24N2O2. The van der Waals surface area contributed by atoms with Crippen molar-refractivity contribution in [3.05, 3.63) is 23.3 Å². The molecule has 0 radical (unpaired) electrons. The monoisotopic (exact) mass is 276 g/mol. The molecule has 1 unspecified atom stereocenters. The summed E-state index contributed by atoms with van der Waals surface area (Å²) in [5, 5.41) is 2.32. The van der Waals surface area contributed by atoms with E-state index in [1.165, 1.54) is 30.4 Å². The molecule has 0 aliphatic carbocycles. The van der Waals surface area contributed by atoms with Crippen molar-refractivity contribution in [3.8, 4) is 11.5 Å². The lowest BCUT2D eigenvalue weighted by molar-refractivity contribution is 0.150. The van der Waals surface area contributed by atoms with E-state index in [0.717, 1.165) is 37.6 Å². The first-order valence-electron chi connectivity index (χ1n) is 7.61. The fourth-order valence-electron chi connectivity index (χ4n) is 3.06. The number of benzene rings is 1. The van der Waals surface area contributed by atoms with Crippen molar-refractivity contribution in [2.75, 3.05) is 20.2 Å². The van der Waals surface area contributed by atoms with Gasteiger partial charge in [0.2, 0.25) is 0 Å². The van der Waals surface area contributed by atoms with Gasteiger partial charge in [-0.05, 0) is 31.9 Å². The van der Waals surface area contributed by atoms with Gasteiger partial charge in [-0.25, -0.2) is 5.01 Å². The number of methoxy groups -OCH3 is 1. The lowest BCUT2D eigenvalue weighted by Crippen LogP contribution is -2.41. The zero-order valence-corrected chi connectivity index (χ0v) is 12.4. The van der Waals surface area contributed by atoms with Crippen LogP contribution in [-0.2, 0) is 13.0 Å². The number of nitrogens with one attached hydrogen (secondary N) is 1. The zero-order valence-electron chi connectivity index (χ0n) is 12.4. The summed E-state index contributed by atoms with van der Waals surface area (Å²) in [6.45, 7) is 5.19. The number of nitrogens with zero attached hydrogens (tertiary/aromatic N) is 1. The molecule has 1 fully saturated rings. The lowest BCUT2D eigenvalue weighted by atomic mass is 10.1. The van der Waals surface area contributed by atoms with Crippen molar-refractivity contribution in [2.24, 2.45) is 0 Å². The minimum atomic E-state index is 0.278. The molecule has 4 heteroatoms. The molecule has 1 atom stereocenters. The molecular weight excluding hydrogens is 252 g/mol. The number of hydrogen-bond acceptors (Lipinski definition) is 4. The maximum absolute atomic E-state index is 5.84. The molecule has 2 aliphatic rings. The second-order valence-electron chi connectivity index (χ2n) is 5.79. The highest BCUT2D eigenvalue weighted by atomic mass is 16.5. The average molecular weight is 276 g/mol. The van der Waals surface area contributed by atoms with Gasteiger partial charge in [-0.15, -0.1) is 0 Å². The van der Waals surface area contributed by atoms with Crippen LogP contribution in [0.2, 0.25) is 0 Å². The predicted octanol–water partition coefficient (Wildman–Crippen LogP) is 2.51. The molecule has 0 saturated carbocycles. The van der Waals surface area contributed by atoms with Gasteiger partial charge in [0, 0.05) is 37.2 Å². The zero-order chi connectivity index (χ0) is 13.9. The maximum atomic E-state index is 5.84. The summed E-state index contributed by atoms with van der Waals surface area (Å²) in [6.07, 6.45) is 5.18. The largest absolute Gasteiger partial charge is 0.496 e. The van der Waals surface area contributed by atoms with E-state index in [1.54, 1.807) is 7.11 Å². The van der Waals surface area contributed by atoms with Crippen LogP contribution in [0.15, 0.2) is 12.1 Å². The second-order valence-corrected chi connectivity index (χ2v) is 5.79. The van der Waals surface area contributed by atoms with Crippen LogP contribution >= 0.6 is 0 Å². The van der Waals surface area contributed by atoms with Gasteiger partial charge in [-0.1, -0.05) is 6.42 Å². The Balaban J connectivity index is 1.70. The Morgan fingerprint density at radius 3 is 2.85 bits per heavy atom. The standard InChI is InChI=1S/C16H24N2O2/c1-12-8-13-9-15(19-2)14(10-16(13)20-12)11-17-18-6-4-3-5-7-18/h9-10,12,17H,3-8,11H2,1-2H3. The van der Waals surface area contributed by atoms with Crippen LogP contribution in [0, 0.1) is 0 Å². The Kier molecular flexibility index (Phi) is 4.13. The summed E-state index contributed by atoms with van der Waals surface area (Å²) in [4.78, 5) is 0. The molecule has 1 saturated heterocycles. The third kappa shape index (κ3) is 2.91. The summed E-state index contributed by atoms with van der Waals surface area (Å²) in [6, 6.07) is 4.26. The van der Waals surface area contributed by atoms with E-state index >= 15 is 0 Å². The van der Waals surface area contributed by atoms with Gasteiger partial charge in [0.1, 0.15) is 17.6 Å². The fourth-order valence-corrected chi connectivity index (χ4v) is 3.06. The van der Waals surface area contributed by atoms with Gasteiger partial charge < -0.3 is 9.47 Å². The minimum Gasteiger partial charge on any atom is -0.496 e. The Labute approximate surface area is 121 Å². The normalized spacial score (nSPS) is 22.4. The van der Waals surface area contributed by atoms with Crippen molar-refractivity contribution in [3.63, 3.8) is 0 Å². The smallest absolute Gasteiger partial charge is 0.123 e. The summed E-state index contributed by atoms with van der Waals surface area (Å²) < 4.78 is 11.4. The van der Waals surface area contributed by atoms with E-state index in [9.17, 15) is 0 Å². The van der Waals surface area contributed by atoms with Gasteiger partial charge in [0.05, 0.1) is 7.11 Å². The highest BCUT2D eigenvalue weighted by molar-refractivity contribution is 5.48. The number of ether oxygens (including phenoxy) is 2. The highest BCUT2D eigenvalue weighted by Crippen LogP contribution is 2.34. The van der Waals surface area contributed by atoms with E-state index in [-0.39, 0.29) is 6.10 Å². The van der Waals surface area contributed by atoms with Crippen molar-refractivity contribution in [1.82, 2.24) is 10.4 Å². The van der Waals surface area contributed by atoms with Gasteiger partial charge >= 0.3 is 0 Å². The van der Waals surface area contributed by atoms with Gasteiger partial charge in [-0.3, -0.25) is 5.43 Å². The van der Waals surface area contributed by atoms with Crippen molar-refractivity contribution < 1.29 is 9.47 Å². The SMILES string of the molecule is COc1cc2c(cc1CNN1CCCCC1)OC(C)C2. The average Bonchev–Trinajstić information content (AvgIpc) is 2.84. The molecule has 110 valence electrons. The molecule has 20 heavy (non-hydrogen) atoms. The molecule has 2 aliphatic heterocycles. The predicted molar refractivity (Wildman–Crippen MR) is 79.1 cm³/mol. The number of rotatable bonds is 4. The quantitative estimate of drug-likeness (QED) is 0.916. The van der Waals surface area contributed by atoms with Crippen LogP contribution in [0.5, 0.6) is 11.5 Å². The molecule has 4 nitrogen and oxygen atoms in total. The summed E-state index contributed by atoms with van der Waals surface area (Å²) >= 11 is 0. The van der Waals surface area contributed by atoms with E-state index in [1.807, 2.05) is 0 Å². The Morgan fingerprint density at radius 1 is 1.30 bits per heavy atom. The molecule has 1 aromatic carbocycles. The van der Waals surface area contributed by atoms with Crippen molar-refractivity contribution in [2.45, 2.75) is 45.3 Å². The molecule has 0 aromatic heterocycles. The summed E-state index contributed by atoms with van der Waals surface area (Å²) in [5.41, 5.74) is 5.95. The van der Waals surface area contributed by atoms with E-state index in [4.69, 9.17) is 9.47 Å². The van der Waals surface area contributed by atoms with Gasteiger partial charge in [-0.2, -0.15) is 0 Å². The van der Waals surface area contributed by atoms with Crippen LogP contribution in [0.1, 0.15) is 37.3 Å². The number of hydrogen-bond donors (Lipinski definition) is 1. The Hall–Kier alpha value is -1.26. The number of fused-ring (bicyclic) bond motifs is 1. The summed E-state index contributed by atoms with van der Waals surface area (Å²) in [7, 11) is 1.74. The second kappa shape index (κ2) is 6.02. The van der Waals surface area contributed by atoms with Crippen molar-refractivity contribution in [1.29, 1.82) is 0 Å². The van der Waals surface area contributed by atoms with Crippen molar-refractivity contribution >= 4 is 0 Å². The molecule has 3 rings (SSSR count). The van der Waals surface area contributed by atoms with Gasteiger partial charge in [0.25, 0.3) is 0 Å². The van der Waals surface area contributed by atoms with E-state index in [2.05, 4.69) is 29.5 Å². The Morgan fingerprint density at radius 2 is 2.10 bits per heavy atom. The summed E-state index contributed by atoms with van der Waals surface area (Å²) in [5.74, 6) is 1.99. The first kappa shape index (κ1) is 13.7. The van der Waals surface area contributed by atoms with Crippen LogP contribution in [0.25, 0.3) is 0 Å². The molecule has 0 amide bonds. The number of piperidine rings is 1. The number of hydrazine groups is 1. The molecule has 1 aromatic rings. The van der Waals surface area contributed by atoms with Crippen LogP contribution in [-0.4, -0.2) is 31.3 Å². The third-order valence-corrected chi connectivity index (χ3v) is 4.15.